The number of nitrogens with one attached hydrogen (secondary N) is 1. The number of amides is 1. The van der Waals surface area contributed by atoms with Crippen LogP contribution in [0.25, 0.3) is 0 Å². The van der Waals surface area contributed by atoms with Crippen LogP contribution in [0, 0.1) is 5.92 Å². The molecule has 3 atom stereocenters. The van der Waals surface area contributed by atoms with Gasteiger partial charge in [-0.25, -0.2) is 0 Å². The molecule has 0 aromatic heterocycles. The molecule has 0 bridgehead atoms. The van der Waals surface area contributed by atoms with Crippen LogP contribution in [-0.2, 0) is 4.79 Å². The summed E-state index contributed by atoms with van der Waals surface area (Å²) in [6.07, 6.45) is 7.05. The summed E-state index contributed by atoms with van der Waals surface area (Å²) in [5.41, 5.74) is 0. The van der Waals surface area contributed by atoms with Gasteiger partial charge < -0.3 is 20.4 Å². The number of hydrogen-bond donors (Lipinski definition) is 3. The monoisotopic (exact) mass is 270 g/mol. The highest BCUT2D eigenvalue weighted by Crippen LogP contribution is 2.32. The van der Waals surface area contributed by atoms with Crippen LogP contribution >= 0.6 is 0 Å². The zero-order chi connectivity index (χ0) is 13.7. The second-order valence-electron chi connectivity index (χ2n) is 5.72. The van der Waals surface area contributed by atoms with E-state index in [9.17, 15) is 4.79 Å². The summed E-state index contributed by atoms with van der Waals surface area (Å²) < 4.78 is 0. The summed E-state index contributed by atoms with van der Waals surface area (Å²) in [5, 5.41) is 21.5. The lowest BCUT2D eigenvalue weighted by atomic mass is 9.77. The van der Waals surface area contributed by atoms with Crippen molar-refractivity contribution in [3.63, 3.8) is 0 Å². The van der Waals surface area contributed by atoms with E-state index in [1.165, 1.54) is 25.7 Å². The van der Waals surface area contributed by atoms with Gasteiger partial charge in [-0.3, -0.25) is 4.79 Å². The smallest absolute Gasteiger partial charge is 0.239 e. The molecule has 2 rings (SSSR count). The van der Waals surface area contributed by atoms with Crippen LogP contribution < -0.4 is 5.32 Å². The van der Waals surface area contributed by atoms with Crippen molar-refractivity contribution in [2.24, 2.45) is 5.92 Å². The maximum absolute atomic E-state index is 12.4. The van der Waals surface area contributed by atoms with Crippen LogP contribution in [0.15, 0.2) is 0 Å². The Kier molecular flexibility index (Phi) is 5.60. The molecule has 3 N–H and O–H groups in total. The van der Waals surface area contributed by atoms with E-state index in [0.29, 0.717) is 19.1 Å². The van der Waals surface area contributed by atoms with Crippen molar-refractivity contribution < 1.29 is 15.0 Å². The van der Waals surface area contributed by atoms with E-state index < -0.39 is 0 Å². The van der Waals surface area contributed by atoms with Crippen molar-refractivity contribution in [3.8, 4) is 0 Å². The second-order valence-corrected chi connectivity index (χ2v) is 5.72. The molecule has 2 fully saturated rings. The molecule has 0 radical (unpaired) electrons. The number of carbonyl (C=O) groups is 1. The molecule has 1 heterocycles. The van der Waals surface area contributed by atoms with Gasteiger partial charge in [0.25, 0.3) is 0 Å². The van der Waals surface area contributed by atoms with Crippen LogP contribution in [0.4, 0.5) is 0 Å². The van der Waals surface area contributed by atoms with Crippen molar-refractivity contribution in [2.75, 3.05) is 26.3 Å². The number of piperidine rings is 1. The number of hydrogen-bond acceptors (Lipinski definition) is 4. The van der Waals surface area contributed by atoms with Crippen molar-refractivity contribution in [3.05, 3.63) is 0 Å². The van der Waals surface area contributed by atoms with E-state index in [1.54, 1.807) is 4.90 Å². The second kappa shape index (κ2) is 7.22. The largest absolute Gasteiger partial charge is 0.395 e. The molecule has 110 valence electrons. The lowest BCUT2D eigenvalue weighted by Gasteiger charge is -2.41. The quantitative estimate of drug-likeness (QED) is 0.663. The third-order valence-corrected chi connectivity index (χ3v) is 4.50. The standard InChI is InChI=1S/C14H26N2O3/c17-9-7-16(8-10-18)14(19)13-6-5-11-3-1-2-4-12(11)15-13/h11-13,15,17-18H,1-10H2. The molecule has 3 unspecified atom stereocenters. The van der Waals surface area contributed by atoms with Gasteiger partial charge in [-0.15, -0.1) is 0 Å². The summed E-state index contributed by atoms with van der Waals surface area (Å²) in [6, 6.07) is 0.360. The van der Waals surface area contributed by atoms with Crippen LogP contribution in [0.3, 0.4) is 0 Å². The maximum atomic E-state index is 12.4. The van der Waals surface area contributed by atoms with Gasteiger partial charge in [-0.2, -0.15) is 0 Å². The molecule has 5 nitrogen and oxygen atoms in total. The number of nitrogens with zero attached hydrogens (tertiary/aromatic N) is 1. The normalized spacial score (nSPS) is 30.7. The molecule has 1 saturated heterocycles. The van der Waals surface area contributed by atoms with Crippen molar-refractivity contribution in [1.29, 1.82) is 0 Å². The Morgan fingerprint density at radius 3 is 2.42 bits per heavy atom. The van der Waals surface area contributed by atoms with E-state index in [4.69, 9.17) is 10.2 Å². The minimum absolute atomic E-state index is 0.0344. The highest BCUT2D eigenvalue weighted by Gasteiger charge is 2.35. The molecule has 1 aliphatic carbocycles. The zero-order valence-corrected chi connectivity index (χ0v) is 11.6. The van der Waals surface area contributed by atoms with Crippen LogP contribution in [-0.4, -0.2) is 59.4 Å². The van der Waals surface area contributed by atoms with E-state index >= 15 is 0 Å². The van der Waals surface area contributed by atoms with Crippen LogP contribution in [0.1, 0.15) is 38.5 Å². The summed E-state index contributed by atoms with van der Waals surface area (Å²) in [6.45, 7) is 0.520. The molecule has 0 aromatic carbocycles. The fourth-order valence-corrected chi connectivity index (χ4v) is 3.48. The molecular weight excluding hydrogens is 244 g/mol. The van der Waals surface area contributed by atoms with Gasteiger partial charge in [0.15, 0.2) is 0 Å². The summed E-state index contributed by atoms with van der Waals surface area (Å²) >= 11 is 0. The number of aliphatic hydroxyl groups is 2. The van der Waals surface area contributed by atoms with Gasteiger partial charge >= 0.3 is 0 Å². The molecule has 0 spiro atoms. The minimum Gasteiger partial charge on any atom is -0.395 e. The van der Waals surface area contributed by atoms with E-state index in [1.807, 2.05) is 0 Å². The molecule has 19 heavy (non-hydrogen) atoms. The first kappa shape index (κ1) is 14.8. The summed E-state index contributed by atoms with van der Waals surface area (Å²) in [4.78, 5) is 14.0. The van der Waals surface area contributed by atoms with Gasteiger partial charge in [-0.05, 0) is 31.6 Å². The Bertz CT molecular complexity index is 292. The fraction of sp³-hybridized carbons (Fsp3) is 0.929. The van der Waals surface area contributed by atoms with E-state index in [-0.39, 0.29) is 25.2 Å². The lowest BCUT2D eigenvalue weighted by Crippen LogP contribution is -2.56. The van der Waals surface area contributed by atoms with Crippen LogP contribution in [0.2, 0.25) is 0 Å². The SMILES string of the molecule is O=C(C1CCC2CCCCC2N1)N(CCO)CCO. The Labute approximate surface area is 115 Å². The van der Waals surface area contributed by atoms with Crippen molar-refractivity contribution in [2.45, 2.75) is 50.6 Å². The van der Waals surface area contributed by atoms with Crippen molar-refractivity contribution >= 4 is 5.91 Å². The van der Waals surface area contributed by atoms with E-state index in [0.717, 1.165) is 18.8 Å². The Morgan fingerprint density at radius 1 is 1.05 bits per heavy atom. The average Bonchev–Trinajstić information content (AvgIpc) is 2.46. The Morgan fingerprint density at radius 2 is 1.74 bits per heavy atom. The number of carbonyl (C=O) groups excluding carboxylic acids is 1. The topological polar surface area (TPSA) is 72.8 Å². The summed E-state index contributed by atoms with van der Waals surface area (Å²) in [5.74, 6) is 0.772. The van der Waals surface area contributed by atoms with Gasteiger partial charge in [0, 0.05) is 19.1 Å². The first-order valence-corrected chi connectivity index (χ1v) is 7.52. The molecule has 1 saturated carbocycles. The first-order chi connectivity index (χ1) is 9.26. The molecule has 2 aliphatic rings. The third-order valence-electron chi connectivity index (χ3n) is 4.50. The van der Waals surface area contributed by atoms with E-state index in [2.05, 4.69) is 5.32 Å². The summed E-state index contributed by atoms with van der Waals surface area (Å²) in [7, 11) is 0. The predicted molar refractivity (Wildman–Crippen MR) is 72.7 cm³/mol. The first-order valence-electron chi connectivity index (χ1n) is 7.52. The number of rotatable bonds is 5. The van der Waals surface area contributed by atoms with Gasteiger partial charge in [0.2, 0.25) is 5.91 Å². The highest BCUT2D eigenvalue weighted by molar-refractivity contribution is 5.82. The van der Waals surface area contributed by atoms with Gasteiger partial charge in [0.1, 0.15) is 0 Å². The maximum Gasteiger partial charge on any atom is 0.239 e. The Balaban J connectivity index is 1.91. The van der Waals surface area contributed by atoms with Crippen LogP contribution in [0.5, 0.6) is 0 Å². The predicted octanol–water partition coefficient (Wildman–Crippen LogP) is 0.110. The average molecular weight is 270 g/mol. The van der Waals surface area contributed by atoms with Gasteiger partial charge in [-0.1, -0.05) is 12.8 Å². The molecule has 1 amide bonds. The lowest BCUT2D eigenvalue weighted by molar-refractivity contribution is -0.136. The number of aliphatic hydroxyl groups excluding tert-OH is 2. The fourth-order valence-electron chi connectivity index (χ4n) is 3.48. The Hall–Kier alpha value is -0.650. The molecule has 1 aliphatic heterocycles. The van der Waals surface area contributed by atoms with Gasteiger partial charge in [0.05, 0.1) is 19.3 Å². The number of fused-ring (bicyclic) bond motifs is 1. The third kappa shape index (κ3) is 3.68. The highest BCUT2D eigenvalue weighted by atomic mass is 16.3. The zero-order valence-electron chi connectivity index (χ0n) is 11.6. The minimum atomic E-state index is -0.127. The van der Waals surface area contributed by atoms with Crippen molar-refractivity contribution in [1.82, 2.24) is 10.2 Å². The molecule has 5 heteroatoms. The molecule has 0 aromatic rings. The molecular formula is C14H26N2O3.